The Labute approximate surface area is 94.3 Å². The van der Waals surface area contributed by atoms with Crippen LogP contribution < -0.4 is 0 Å². The van der Waals surface area contributed by atoms with Crippen LogP contribution in [0.3, 0.4) is 0 Å². The van der Waals surface area contributed by atoms with Gasteiger partial charge in [0, 0.05) is 0 Å². The normalized spacial score (nSPS) is 18.9. The number of hydrogen-bond acceptors (Lipinski definition) is 2. The molecule has 1 atom stereocenters. The summed E-state index contributed by atoms with van der Waals surface area (Å²) >= 11 is 0. The largest absolute Gasteiger partial charge is 0.288 e. The van der Waals surface area contributed by atoms with Gasteiger partial charge < -0.3 is 0 Å². The Kier molecular flexibility index (Phi) is 6.43. The number of rotatable bonds is 7. The molecule has 1 rings (SSSR count). The molecule has 0 spiro atoms. The Morgan fingerprint density at radius 1 is 1.13 bits per heavy atom. The van der Waals surface area contributed by atoms with E-state index in [-0.39, 0.29) is 6.04 Å². The second kappa shape index (κ2) is 7.70. The summed E-state index contributed by atoms with van der Waals surface area (Å²) < 4.78 is 0. The van der Waals surface area contributed by atoms with Crippen LogP contribution in [0.25, 0.3) is 0 Å². The van der Waals surface area contributed by atoms with Crippen molar-refractivity contribution in [1.29, 1.82) is 5.26 Å². The molecule has 86 valence electrons. The third-order valence-corrected chi connectivity index (χ3v) is 3.31. The molecule has 0 radical (unpaired) electrons. The first-order chi connectivity index (χ1) is 7.38. The molecule has 2 heteroatoms. The van der Waals surface area contributed by atoms with E-state index >= 15 is 0 Å². The van der Waals surface area contributed by atoms with Crippen LogP contribution in [-0.4, -0.2) is 24.0 Å². The van der Waals surface area contributed by atoms with Crippen LogP contribution in [-0.2, 0) is 0 Å². The number of nitrogens with zero attached hydrogens (tertiary/aromatic N) is 2. The van der Waals surface area contributed by atoms with Crippen LogP contribution in [0, 0.1) is 11.3 Å². The summed E-state index contributed by atoms with van der Waals surface area (Å²) in [6.45, 7) is 4.53. The zero-order chi connectivity index (χ0) is 10.9. The van der Waals surface area contributed by atoms with Gasteiger partial charge in [-0.05, 0) is 32.4 Å². The first kappa shape index (κ1) is 12.5. The van der Waals surface area contributed by atoms with Gasteiger partial charge in [-0.15, -0.1) is 0 Å². The lowest BCUT2D eigenvalue weighted by molar-refractivity contribution is 0.272. The van der Waals surface area contributed by atoms with Crippen LogP contribution in [0.4, 0.5) is 0 Å². The van der Waals surface area contributed by atoms with E-state index in [9.17, 15) is 0 Å². The summed E-state index contributed by atoms with van der Waals surface area (Å²) in [5.41, 5.74) is 0. The lowest BCUT2D eigenvalue weighted by Crippen LogP contribution is -2.31. The SMILES string of the molecule is CCCCCCCC(C#N)N1CCCC1. The van der Waals surface area contributed by atoms with Crippen molar-refractivity contribution in [2.24, 2.45) is 0 Å². The van der Waals surface area contributed by atoms with E-state index in [2.05, 4.69) is 17.9 Å². The Balaban J connectivity index is 2.09. The highest BCUT2D eigenvalue weighted by Gasteiger charge is 2.20. The molecule has 0 amide bonds. The second-order valence-corrected chi connectivity index (χ2v) is 4.59. The molecule has 0 aromatic carbocycles. The second-order valence-electron chi connectivity index (χ2n) is 4.59. The van der Waals surface area contributed by atoms with Crippen molar-refractivity contribution in [3.63, 3.8) is 0 Å². The Bertz CT molecular complexity index is 189. The maximum Gasteiger partial charge on any atom is 0.0977 e. The predicted octanol–water partition coefficient (Wildman–Crippen LogP) is 3.33. The molecule has 0 aromatic heterocycles. The van der Waals surface area contributed by atoms with Crippen LogP contribution in [0.5, 0.6) is 0 Å². The average Bonchev–Trinajstić information content (AvgIpc) is 2.77. The van der Waals surface area contributed by atoms with Gasteiger partial charge >= 0.3 is 0 Å². The van der Waals surface area contributed by atoms with E-state index in [1.165, 1.54) is 44.9 Å². The van der Waals surface area contributed by atoms with Gasteiger partial charge in [-0.25, -0.2) is 0 Å². The number of nitriles is 1. The van der Waals surface area contributed by atoms with Gasteiger partial charge in [-0.2, -0.15) is 5.26 Å². The van der Waals surface area contributed by atoms with Gasteiger partial charge in [0.25, 0.3) is 0 Å². The number of likely N-dealkylation sites (tertiary alicyclic amines) is 1. The van der Waals surface area contributed by atoms with Crippen molar-refractivity contribution in [2.45, 2.75) is 64.3 Å². The standard InChI is InChI=1S/C13H24N2/c1-2-3-4-5-6-9-13(12-14)15-10-7-8-11-15/h13H,2-11H2,1H3. The maximum atomic E-state index is 9.10. The highest BCUT2D eigenvalue weighted by atomic mass is 15.2. The van der Waals surface area contributed by atoms with E-state index in [1.807, 2.05) is 0 Å². The monoisotopic (exact) mass is 208 g/mol. The Hall–Kier alpha value is -0.550. The fourth-order valence-electron chi connectivity index (χ4n) is 2.32. The Morgan fingerprint density at radius 2 is 1.80 bits per heavy atom. The van der Waals surface area contributed by atoms with Crippen LogP contribution in [0.15, 0.2) is 0 Å². The van der Waals surface area contributed by atoms with Crippen molar-refractivity contribution < 1.29 is 0 Å². The lowest BCUT2D eigenvalue weighted by atomic mass is 10.1. The quantitative estimate of drug-likeness (QED) is 0.600. The summed E-state index contributed by atoms with van der Waals surface area (Å²) in [6, 6.07) is 2.66. The van der Waals surface area contributed by atoms with Crippen molar-refractivity contribution in [3.8, 4) is 6.07 Å². The van der Waals surface area contributed by atoms with Gasteiger partial charge in [0.15, 0.2) is 0 Å². The minimum atomic E-state index is 0.203. The molecular weight excluding hydrogens is 184 g/mol. The van der Waals surface area contributed by atoms with Gasteiger partial charge in [0.05, 0.1) is 12.1 Å². The summed E-state index contributed by atoms with van der Waals surface area (Å²) in [4.78, 5) is 2.36. The highest BCUT2D eigenvalue weighted by molar-refractivity contribution is 4.93. The molecule has 1 aliphatic heterocycles. The molecule has 0 N–H and O–H groups in total. The maximum absolute atomic E-state index is 9.10. The van der Waals surface area contributed by atoms with E-state index < -0.39 is 0 Å². The average molecular weight is 208 g/mol. The van der Waals surface area contributed by atoms with E-state index in [4.69, 9.17) is 5.26 Å². The molecule has 0 bridgehead atoms. The van der Waals surface area contributed by atoms with Crippen molar-refractivity contribution in [1.82, 2.24) is 4.90 Å². The number of hydrogen-bond donors (Lipinski definition) is 0. The van der Waals surface area contributed by atoms with Crippen LogP contribution in [0.2, 0.25) is 0 Å². The molecule has 2 nitrogen and oxygen atoms in total. The molecule has 1 unspecified atom stereocenters. The molecule has 0 aliphatic carbocycles. The molecular formula is C13H24N2. The minimum absolute atomic E-state index is 0.203. The third kappa shape index (κ3) is 4.66. The van der Waals surface area contributed by atoms with E-state index in [1.54, 1.807) is 0 Å². The Morgan fingerprint density at radius 3 is 2.40 bits per heavy atom. The van der Waals surface area contributed by atoms with Crippen molar-refractivity contribution in [2.75, 3.05) is 13.1 Å². The van der Waals surface area contributed by atoms with E-state index in [0.29, 0.717) is 0 Å². The predicted molar refractivity (Wildman–Crippen MR) is 63.6 cm³/mol. The summed E-state index contributed by atoms with van der Waals surface area (Å²) in [5.74, 6) is 0. The minimum Gasteiger partial charge on any atom is -0.288 e. The first-order valence-corrected chi connectivity index (χ1v) is 6.52. The first-order valence-electron chi connectivity index (χ1n) is 6.52. The summed E-state index contributed by atoms with van der Waals surface area (Å²) in [6.07, 6.45) is 10.2. The fraction of sp³-hybridized carbons (Fsp3) is 0.923. The summed E-state index contributed by atoms with van der Waals surface area (Å²) in [5, 5.41) is 9.10. The smallest absolute Gasteiger partial charge is 0.0977 e. The zero-order valence-corrected chi connectivity index (χ0v) is 10.0. The lowest BCUT2D eigenvalue weighted by Gasteiger charge is -2.20. The van der Waals surface area contributed by atoms with Gasteiger partial charge in [-0.1, -0.05) is 39.0 Å². The van der Waals surface area contributed by atoms with Crippen molar-refractivity contribution in [3.05, 3.63) is 0 Å². The molecule has 1 heterocycles. The fourth-order valence-corrected chi connectivity index (χ4v) is 2.32. The third-order valence-electron chi connectivity index (χ3n) is 3.31. The van der Waals surface area contributed by atoms with Crippen LogP contribution in [0.1, 0.15) is 58.3 Å². The molecule has 1 fully saturated rings. The molecule has 0 saturated carbocycles. The van der Waals surface area contributed by atoms with Crippen molar-refractivity contribution >= 4 is 0 Å². The molecule has 0 aromatic rings. The zero-order valence-electron chi connectivity index (χ0n) is 10.0. The molecule has 15 heavy (non-hydrogen) atoms. The number of unbranched alkanes of at least 4 members (excludes halogenated alkanes) is 4. The topological polar surface area (TPSA) is 27.0 Å². The molecule has 1 saturated heterocycles. The van der Waals surface area contributed by atoms with Gasteiger partial charge in [0.1, 0.15) is 0 Å². The van der Waals surface area contributed by atoms with Crippen LogP contribution >= 0.6 is 0 Å². The van der Waals surface area contributed by atoms with Gasteiger partial charge in [0.2, 0.25) is 0 Å². The van der Waals surface area contributed by atoms with Gasteiger partial charge in [-0.3, -0.25) is 4.90 Å². The highest BCUT2D eigenvalue weighted by Crippen LogP contribution is 2.16. The molecule has 1 aliphatic rings. The van der Waals surface area contributed by atoms with E-state index in [0.717, 1.165) is 19.5 Å². The summed E-state index contributed by atoms with van der Waals surface area (Å²) in [7, 11) is 0.